The Kier molecular flexibility index (Phi) is 4.82. The molecule has 0 aromatic heterocycles. The molecule has 1 rings (SSSR count). The van der Waals surface area contributed by atoms with E-state index in [2.05, 4.69) is 31.2 Å². The summed E-state index contributed by atoms with van der Waals surface area (Å²) < 4.78 is 0. The normalized spacial score (nSPS) is 25.6. The maximum absolute atomic E-state index is 2.42. The van der Waals surface area contributed by atoms with Crippen LogP contribution in [0.5, 0.6) is 0 Å². The molecule has 0 N–H and O–H groups in total. The van der Waals surface area contributed by atoms with Gasteiger partial charge in [-0.1, -0.05) is 37.1 Å². The summed E-state index contributed by atoms with van der Waals surface area (Å²) in [5.41, 5.74) is 0. The highest BCUT2D eigenvalue weighted by Gasteiger charge is 2.04. The van der Waals surface area contributed by atoms with Crippen LogP contribution in [-0.2, 0) is 0 Å². The van der Waals surface area contributed by atoms with E-state index in [1.165, 1.54) is 38.5 Å². The quantitative estimate of drug-likeness (QED) is 0.539. The maximum atomic E-state index is 2.42. The molecule has 0 aromatic carbocycles. The summed E-state index contributed by atoms with van der Waals surface area (Å²) in [7, 11) is 0. The Morgan fingerprint density at radius 2 is 2.25 bits per heavy atom. The maximum Gasteiger partial charge on any atom is -0.0199 e. The fourth-order valence-electron chi connectivity index (χ4n) is 1.74. The Morgan fingerprint density at radius 3 is 3.08 bits per heavy atom. The SMILES string of the molecule is CC=CCC1C=CCCCCC1. The first-order valence-corrected chi connectivity index (χ1v) is 5.21. The van der Waals surface area contributed by atoms with Crippen LogP contribution in [0.2, 0.25) is 0 Å². The van der Waals surface area contributed by atoms with E-state index in [9.17, 15) is 0 Å². The first-order valence-electron chi connectivity index (χ1n) is 5.21. The lowest BCUT2D eigenvalue weighted by molar-refractivity contribution is 0.524. The minimum Gasteiger partial charge on any atom is -0.0916 e. The smallest absolute Gasteiger partial charge is 0.0199 e. The van der Waals surface area contributed by atoms with E-state index in [-0.39, 0.29) is 0 Å². The van der Waals surface area contributed by atoms with Gasteiger partial charge in [-0.05, 0) is 38.5 Å². The number of hydrogen-bond donors (Lipinski definition) is 0. The predicted octanol–water partition coefficient (Wildman–Crippen LogP) is 4.09. The van der Waals surface area contributed by atoms with Gasteiger partial charge in [0.2, 0.25) is 0 Å². The van der Waals surface area contributed by atoms with E-state index in [1.54, 1.807) is 0 Å². The lowest BCUT2D eigenvalue weighted by Crippen LogP contribution is -1.97. The van der Waals surface area contributed by atoms with Gasteiger partial charge in [-0.25, -0.2) is 0 Å². The summed E-state index contributed by atoms with van der Waals surface area (Å²) in [6.07, 6.45) is 17.4. The van der Waals surface area contributed by atoms with Crippen LogP contribution in [-0.4, -0.2) is 0 Å². The zero-order valence-corrected chi connectivity index (χ0v) is 8.13. The van der Waals surface area contributed by atoms with E-state index < -0.39 is 0 Å². The fraction of sp³-hybridized carbons (Fsp3) is 0.667. The molecule has 1 atom stereocenters. The highest BCUT2D eigenvalue weighted by molar-refractivity contribution is 4.94. The molecule has 0 heteroatoms. The Morgan fingerprint density at radius 1 is 1.33 bits per heavy atom. The van der Waals surface area contributed by atoms with E-state index >= 15 is 0 Å². The molecule has 12 heavy (non-hydrogen) atoms. The standard InChI is InChI=1S/C12H20/c1-2-3-9-12-10-7-5-4-6-8-11-12/h2-3,7,10,12H,4-6,8-9,11H2,1H3. The lowest BCUT2D eigenvalue weighted by Gasteiger charge is -2.12. The molecule has 0 radical (unpaired) electrons. The van der Waals surface area contributed by atoms with Crippen molar-refractivity contribution in [2.75, 3.05) is 0 Å². The van der Waals surface area contributed by atoms with Crippen molar-refractivity contribution in [2.45, 2.75) is 45.4 Å². The van der Waals surface area contributed by atoms with Gasteiger partial charge in [0.1, 0.15) is 0 Å². The van der Waals surface area contributed by atoms with Crippen LogP contribution in [0.3, 0.4) is 0 Å². The first-order chi connectivity index (χ1) is 5.93. The van der Waals surface area contributed by atoms with Gasteiger partial charge >= 0.3 is 0 Å². The van der Waals surface area contributed by atoms with Gasteiger partial charge in [0.25, 0.3) is 0 Å². The van der Waals surface area contributed by atoms with Crippen molar-refractivity contribution in [2.24, 2.45) is 5.92 Å². The monoisotopic (exact) mass is 164 g/mol. The molecule has 0 saturated carbocycles. The van der Waals surface area contributed by atoms with Crippen molar-refractivity contribution >= 4 is 0 Å². The van der Waals surface area contributed by atoms with Crippen molar-refractivity contribution < 1.29 is 0 Å². The van der Waals surface area contributed by atoms with Gasteiger partial charge in [0.15, 0.2) is 0 Å². The number of allylic oxidation sites excluding steroid dienone is 4. The van der Waals surface area contributed by atoms with Gasteiger partial charge in [-0.2, -0.15) is 0 Å². The second-order valence-electron chi connectivity index (χ2n) is 3.63. The molecule has 68 valence electrons. The average molecular weight is 164 g/mol. The summed E-state index contributed by atoms with van der Waals surface area (Å²) in [6, 6.07) is 0. The van der Waals surface area contributed by atoms with E-state index in [0.717, 1.165) is 5.92 Å². The molecule has 0 saturated heterocycles. The summed E-state index contributed by atoms with van der Waals surface area (Å²) >= 11 is 0. The minimum atomic E-state index is 0.821. The molecule has 0 amide bonds. The van der Waals surface area contributed by atoms with E-state index in [4.69, 9.17) is 0 Å². The molecule has 0 fully saturated rings. The van der Waals surface area contributed by atoms with Gasteiger partial charge in [0.05, 0.1) is 0 Å². The van der Waals surface area contributed by atoms with Crippen LogP contribution in [0.25, 0.3) is 0 Å². The Hall–Kier alpha value is -0.520. The van der Waals surface area contributed by atoms with Crippen LogP contribution in [0.1, 0.15) is 45.4 Å². The number of hydrogen-bond acceptors (Lipinski definition) is 0. The molecule has 1 aliphatic carbocycles. The molecule has 1 aliphatic rings. The van der Waals surface area contributed by atoms with Crippen molar-refractivity contribution in [3.05, 3.63) is 24.3 Å². The van der Waals surface area contributed by atoms with Crippen molar-refractivity contribution in [3.63, 3.8) is 0 Å². The van der Waals surface area contributed by atoms with Crippen LogP contribution < -0.4 is 0 Å². The molecule has 0 spiro atoms. The predicted molar refractivity (Wildman–Crippen MR) is 55.1 cm³/mol. The van der Waals surface area contributed by atoms with Crippen LogP contribution >= 0.6 is 0 Å². The highest BCUT2D eigenvalue weighted by Crippen LogP contribution is 2.19. The van der Waals surface area contributed by atoms with E-state index in [1.807, 2.05) is 0 Å². The first kappa shape index (κ1) is 9.57. The Balaban J connectivity index is 2.33. The Bertz CT molecular complexity index is 153. The van der Waals surface area contributed by atoms with Crippen molar-refractivity contribution in [3.8, 4) is 0 Å². The third kappa shape index (κ3) is 3.75. The van der Waals surface area contributed by atoms with Gasteiger partial charge in [0, 0.05) is 0 Å². The summed E-state index contributed by atoms with van der Waals surface area (Å²) in [5, 5.41) is 0. The van der Waals surface area contributed by atoms with Crippen LogP contribution in [0, 0.1) is 5.92 Å². The van der Waals surface area contributed by atoms with Gasteiger partial charge in [-0.15, -0.1) is 0 Å². The topological polar surface area (TPSA) is 0 Å². The number of rotatable bonds is 2. The highest BCUT2D eigenvalue weighted by atomic mass is 14.1. The molecular weight excluding hydrogens is 144 g/mol. The molecule has 0 nitrogen and oxygen atoms in total. The minimum absolute atomic E-state index is 0.821. The summed E-state index contributed by atoms with van der Waals surface area (Å²) in [4.78, 5) is 0. The van der Waals surface area contributed by atoms with Crippen LogP contribution in [0.4, 0.5) is 0 Å². The van der Waals surface area contributed by atoms with Crippen molar-refractivity contribution in [1.29, 1.82) is 0 Å². The van der Waals surface area contributed by atoms with Gasteiger partial charge < -0.3 is 0 Å². The molecule has 0 bridgehead atoms. The molecule has 0 heterocycles. The third-order valence-corrected chi connectivity index (χ3v) is 2.53. The summed E-state index contributed by atoms with van der Waals surface area (Å²) in [5.74, 6) is 0.821. The second-order valence-corrected chi connectivity index (χ2v) is 3.63. The van der Waals surface area contributed by atoms with Crippen molar-refractivity contribution in [1.82, 2.24) is 0 Å². The summed E-state index contributed by atoms with van der Waals surface area (Å²) in [6.45, 7) is 2.10. The second kappa shape index (κ2) is 6.05. The Labute approximate surface area is 76.4 Å². The van der Waals surface area contributed by atoms with Gasteiger partial charge in [-0.3, -0.25) is 0 Å². The lowest BCUT2D eigenvalue weighted by atomic mass is 9.94. The third-order valence-electron chi connectivity index (χ3n) is 2.53. The largest absolute Gasteiger partial charge is 0.0916 e. The molecule has 0 aliphatic heterocycles. The molecule has 1 unspecified atom stereocenters. The zero-order valence-electron chi connectivity index (χ0n) is 8.13. The molecule has 0 aromatic rings. The van der Waals surface area contributed by atoms with Crippen LogP contribution in [0.15, 0.2) is 24.3 Å². The average Bonchev–Trinajstić information content (AvgIpc) is 2.02. The molecular formula is C12H20. The fourth-order valence-corrected chi connectivity index (χ4v) is 1.74. The zero-order chi connectivity index (χ0) is 8.65. The van der Waals surface area contributed by atoms with E-state index in [0.29, 0.717) is 0 Å².